The van der Waals surface area contributed by atoms with Crippen LogP contribution >= 0.6 is 0 Å². The summed E-state index contributed by atoms with van der Waals surface area (Å²) in [7, 11) is 1.29. The van der Waals surface area contributed by atoms with Crippen LogP contribution in [0.3, 0.4) is 0 Å². The molecule has 0 radical (unpaired) electrons. The lowest BCUT2D eigenvalue weighted by Crippen LogP contribution is -2.14. The van der Waals surface area contributed by atoms with Gasteiger partial charge in [0, 0.05) is 17.5 Å². The summed E-state index contributed by atoms with van der Waals surface area (Å²) in [6.45, 7) is 0.438. The predicted octanol–water partition coefficient (Wildman–Crippen LogP) is 0.970. The number of hydrogen-bond donors (Lipinski definition) is 2. The molecule has 1 aromatic carbocycles. The lowest BCUT2D eigenvalue weighted by atomic mass is 10.2. The third-order valence-corrected chi connectivity index (χ3v) is 3.26. The van der Waals surface area contributed by atoms with E-state index >= 15 is 0 Å². The summed E-state index contributed by atoms with van der Waals surface area (Å²) in [6.07, 6.45) is 3.23. The molecule has 0 aliphatic rings. The van der Waals surface area contributed by atoms with Crippen molar-refractivity contribution in [3.8, 4) is 0 Å². The van der Waals surface area contributed by atoms with Gasteiger partial charge in [-0.05, 0) is 18.2 Å². The minimum atomic E-state index is -0.536. The molecule has 3 aromatic rings. The van der Waals surface area contributed by atoms with Crippen molar-refractivity contribution in [1.29, 1.82) is 0 Å². The zero-order valence-corrected chi connectivity index (χ0v) is 12.3. The number of nitrogens with one attached hydrogen (secondary N) is 2. The van der Waals surface area contributed by atoms with Gasteiger partial charge in [-0.15, -0.1) is 0 Å². The van der Waals surface area contributed by atoms with E-state index < -0.39 is 5.97 Å². The standard InChI is InChI=1S/C14H14N6O3/c1-23-14(22)13-10-6-9(2-3-11(10)18-19-13)17-12(21)4-5-20-8-15-7-16-20/h2-3,6-8H,4-5H2,1H3,(H,17,21)(H,18,19). The summed E-state index contributed by atoms with van der Waals surface area (Å²) < 4.78 is 6.26. The van der Waals surface area contributed by atoms with E-state index in [1.165, 1.54) is 13.4 Å². The predicted molar refractivity (Wildman–Crippen MR) is 80.7 cm³/mol. The number of carbonyl (C=O) groups is 2. The number of carbonyl (C=O) groups excluding carboxylic acids is 2. The highest BCUT2D eigenvalue weighted by atomic mass is 16.5. The molecule has 0 unspecified atom stereocenters. The highest BCUT2D eigenvalue weighted by Gasteiger charge is 2.15. The number of methoxy groups -OCH3 is 1. The third kappa shape index (κ3) is 3.18. The number of nitrogens with zero attached hydrogens (tertiary/aromatic N) is 4. The van der Waals surface area contributed by atoms with E-state index in [-0.39, 0.29) is 18.0 Å². The van der Waals surface area contributed by atoms with Crippen molar-refractivity contribution < 1.29 is 14.3 Å². The molecule has 0 bridgehead atoms. The molecule has 0 saturated heterocycles. The Labute approximate surface area is 130 Å². The second-order valence-electron chi connectivity index (χ2n) is 4.78. The number of amides is 1. The Morgan fingerprint density at radius 2 is 2.26 bits per heavy atom. The summed E-state index contributed by atoms with van der Waals surface area (Å²) in [4.78, 5) is 27.4. The topological polar surface area (TPSA) is 115 Å². The van der Waals surface area contributed by atoms with Crippen molar-refractivity contribution in [3.63, 3.8) is 0 Å². The number of anilines is 1. The van der Waals surface area contributed by atoms with Crippen LogP contribution in [0.4, 0.5) is 5.69 Å². The van der Waals surface area contributed by atoms with E-state index in [1.807, 2.05) is 0 Å². The fourth-order valence-electron chi connectivity index (χ4n) is 2.13. The van der Waals surface area contributed by atoms with Crippen LogP contribution in [-0.2, 0) is 16.1 Å². The van der Waals surface area contributed by atoms with Gasteiger partial charge in [-0.25, -0.2) is 9.78 Å². The minimum Gasteiger partial charge on any atom is -0.464 e. The van der Waals surface area contributed by atoms with Crippen LogP contribution in [0.15, 0.2) is 30.9 Å². The first-order chi connectivity index (χ1) is 11.2. The summed E-state index contributed by atoms with van der Waals surface area (Å²) in [5.41, 5.74) is 1.44. The monoisotopic (exact) mass is 314 g/mol. The van der Waals surface area contributed by atoms with Gasteiger partial charge in [-0.2, -0.15) is 10.2 Å². The summed E-state index contributed by atoms with van der Waals surface area (Å²) >= 11 is 0. The average Bonchev–Trinajstić information content (AvgIpc) is 3.21. The first-order valence-corrected chi connectivity index (χ1v) is 6.86. The Bertz CT molecular complexity index is 839. The molecule has 0 atom stereocenters. The lowest BCUT2D eigenvalue weighted by molar-refractivity contribution is -0.116. The SMILES string of the molecule is COC(=O)c1n[nH]c2ccc(NC(=O)CCn3cncn3)cc12. The van der Waals surface area contributed by atoms with Crippen LogP contribution in [0.2, 0.25) is 0 Å². The van der Waals surface area contributed by atoms with Crippen LogP contribution in [0.25, 0.3) is 10.9 Å². The van der Waals surface area contributed by atoms with Crippen LogP contribution in [-0.4, -0.2) is 43.9 Å². The van der Waals surface area contributed by atoms with Gasteiger partial charge in [0.25, 0.3) is 0 Å². The average molecular weight is 314 g/mol. The highest BCUT2D eigenvalue weighted by molar-refractivity contribution is 6.03. The van der Waals surface area contributed by atoms with Crippen molar-refractivity contribution >= 4 is 28.5 Å². The van der Waals surface area contributed by atoms with Crippen molar-refractivity contribution in [2.75, 3.05) is 12.4 Å². The zero-order valence-electron chi connectivity index (χ0n) is 12.3. The number of aromatic nitrogens is 5. The molecule has 0 aliphatic carbocycles. The highest BCUT2D eigenvalue weighted by Crippen LogP contribution is 2.21. The van der Waals surface area contributed by atoms with Gasteiger partial charge in [0.1, 0.15) is 12.7 Å². The van der Waals surface area contributed by atoms with Crippen LogP contribution < -0.4 is 5.32 Å². The maximum absolute atomic E-state index is 12.0. The molecule has 0 spiro atoms. The van der Waals surface area contributed by atoms with Gasteiger partial charge in [-0.3, -0.25) is 14.6 Å². The molecule has 9 heteroatoms. The fraction of sp³-hybridized carbons (Fsp3) is 0.214. The van der Waals surface area contributed by atoms with Crippen LogP contribution in [0, 0.1) is 0 Å². The zero-order chi connectivity index (χ0) is 16.2. The van der Waals surface area contributed by atoms with Crippen molar-refractivity contribution in [2.45, 2.75) is 13.0 Å². The number of aryl methyl sites for hydroxylation is 1. The van der Waals surface area contributed by atoms with E-state index in [0.29, 0.717) is 23.1 Å². The Morgan fingerprint density at radius 3 is 3.00 bits per heavy atom. The third-order valence-electron chi connectivity index (χ3n) is 3.26. The number of fused-ring (bicyclic) bond motifs is 1. The fourth-order valence-corrected chi connectivity index (χ4v) is 2.13. The molecule has 0 aliphatic heterocycles. The van der Waals surface area contributed by atoms with Gasteiger partial charge in [0.2, 0.25) is 5.91 Å². The molecule has 3 rings (SSSR count). The summed E-state index contributed by atoms with van der Waals surface area (Å²) in [6, 6.07) is 5.15. The molecule has 118 valence electrons. The summed E-state index contributed by atoms with van der Waals surface area (Å²) in [5, 5.41) is 14.0. The van der Waals surface area contributed by atoms with E-state index in [4.69, 9.17) is 0 Å². The quantitative estimate of drug-likeness (QED) is 0.678. The molecular weight excluding hydrogens is 300 g/mol. The van der Waals surface area contributed by atoms with Crippen molar-refractivity contribution in [2.24, 2.45) is 0 Å². The molecular formula is C14H14N6O3. The molecule has 0 fully saturated rings. The molecule has 9 nitrogen and oxygen atoms in total. The van der Waals surface area contributed by atoms with E-state index in [9.17, 15) is 9.59 Å². The molecule has 1 amide bonds. The van der Waals surface area contributed by atoms with Crippen LogP contribution in [0.1, 0.15) is 16.9 Å². The smallest absolute Gasteiger partial charge is 0.359 e. The van der Waals surface area contributed by atoms with Crippen LogP contribution in [0.5, 0.6) is 0 Å². The number of rotatable bonds is 5. The Balaban J connectivity index is 1.72. The number of aromatic amines is 1. The number of ether oxygens (including phenoxy) is 1. The number of H-pyrrole nitrogens is 1. The van der Waals surface area contributed by atoms with E-state index in [0.717, 1.165) is 0 Å². The molecule has 0 saturated carbocycles. The van der Waals surface area contributed by atoms with E-state index in [2.05, 4.69) is 30.3 Å². The second-order valence-corrected chi connectivity index (χ2v) is 4.78. The largest absolute Gasteiger partial charge is 0.464 e. The van der Waals surface area contributed by atoms with Gasteiger partial charge in [0.15, 0.2) is 5.69 Å². The number of benzene rings is 1. The first kappa shape index (κ1) is 14.7. The molecule has 2 aromatic heterocycles. The maximum Gasteiger partial charge on any atom is 0.359 e. The first-order valence-electron chi connectivity index (χ1n) is 6.86. The van der Waals surface area contributed by atoms with Crippen molar-refractivity contribution in [1.82, 2.24) is 25.0 Å². The van der Waals surface area contributed by atoms with Gasteiger partial charge < -0.3 is 10.1 Å². The van der Waals surface area contributed by atoms with Gasteiger partial charge in [-0.1, -0.05) is 0 Å². The van der Waals surface area contributed by atoms with Gasteiger partial charge >= 0.3 is 5.97 Å². The number of esters is 1. The van der Waals surface area contributed by atoms with Gasteiger partial charge in [0.05, 0.1) is 19.2 Å². The second kappa shape index (κ2) is 6.26. The molecule has 23 heavy (non-hydrogen) atoms. The lowest BCUT2D eigenvalue weighted by Gasteiger charge is -2.05. The normalized spacial score (nSPS) is 10.7. The maximum atomic E-state index is 12.0. The summed E-state index contributed by atoms with van der Waals surface area (Å²) in [5.74, 6) is -0.700. The molecule has 2 heterocycles. The Hall–Kier alpha value is -3.23. The van der Waals surface area contributed by atoms with E-state index in [1.54, 1.807) is 29.2 Å². The molecule has 2 N–H and O–H groups in total. The number of hydrogen-bond acceptors (Lipinski definition) is 6. The Morgan fingerprint density at radius 1 is 1.39 bits per heavy atom. The Kier molecular flexibility index (Phi) is 4.00. The minimum absolute atomic E-state index is 0.164. The van der Waals surface area contributed by atoms with Crippen molar-refractivity contribution in [3.05, 3.63) is 36.5 Å².